The fourth-order valence-corrected chi connectivity index (χ4v) is 4.76. The van der Waals surface area contributed by atoms with Gasteiger partial charge in [-0.2, -0.15) is 0 Å². The predicted octanol–water partition coefficient (Wildman–Crippen LogP) is 6.11. The maximum atomic E-state index is 13.2. The number of fused-ring (bicyclic) bond motifs is 1. The number of carbonyl (C=O) groups is 2. The van der Waals surface area contributed by atoms with Gasteiger partial charge >= 0.3 is 0 Å². The van der Waals surface area contributed by atoms with Gasteiger partial charge in [-0.25, -0.2) is 4.98 Å². The molecule has 190 valence electrons. The number of aliphatic hydroxyl groups is 1. The number of pyridine rings is 1. The van der Waals surface area contributed by atoms with Crippen molar-refractivity contribution in [2.45, 2.75) is 38.3 Å². The van der Waals surface area contributed by atoms with Crippen molar-refractivity contribution in [1.82, 2.24) is 10.3 Å². The van der Waals surface area contributed by atoms with Crippen LogP contribution in [-0.2, 0) is 4.79 Å². The lowest BCUT2D eigenvalue weighted by molar-refractivity contribution is -0.117. The van der Waals surface area contributed by atoms with Gasteiger partial charge in [0.25, 0.3) is 0 Å². The van der Waals surface area contributed by atoms with Crippen LogP contribution in [-0.4, -0.2) is 40.0 Å². The number of rotatable bonds is 6. The van der Waals surface area contributed by atoms with Crippen molar-refractivity contribution in [2.75, 3.05) is 11.9 Å². The van der Waals surface area contributed by atoms with Crippen LogP contribution in [0.2, 0.25) is 10.0 Å². The normalized spacial score (nSPS) is 15.8. The Labute approximate surface area is 223 Å². The first-order chi connectivity index (χ1) is 17.6. The summed E-state index contributed by atoms with van der Waals surface area (Å²) in [5, 5.41) is 18.0. The Morgan fingerprint density at radius 3 is 2.49 bits per heavy atom. The molecular formula is C28H25Cl2N3O4. The smallest absolute Gasteiger partial charge is 0.241 e. The molecule has 9 heteroatoms. The summed E-state index contributed by atoms with van der Waals surface area (Å²) < 4.78 is 5.94. The molecule has 0 bridgehead atoms. The number of hydrogen-bond donors (Lipinski definition) is 3. The average Bonchev–Trinajstić information content (AvgIpc) is 3.52. The van der Waals surface area contributed by atoms with E-state index in [0.29, 0.717) is 38.7 Å². The van der Waals surface area contributed by atoms with Gasteiger partial charge in [0, 0.05) is 21.2 Å². The molecule has 0 spiro atoms. The Morgan fingerprint density at radius 2 is 1.84 bits per heavy atom. The number of furan rings is 1. The number of halogens is 2. The van der Waals surface area contributed by atoms with Crippen LogP contribution in [0.1, 0.15) is 37.2 Å². The zero-order valence-corrected chi connectivity index (χ0v) is 21.8. The average molecular weight is 538 g/mol. The molecule has 1 aliphatic rings. The quantitative estimate of drug-likeness (QED) is 0.256. The lowest BCUT2D eigenvalue weighted by Gasteiger charge is -2.16. The molecule has 4 aromatic rings. The molecule has 7 nitrogen and oxygen atoms in total. The highest BCUT2D eigenvalue weighted by Gasteiger charge is 2.34. The lowest BCUT2D eigenvalue weighted by Crippen LogP contribution is -2.36. The first-order valence-electron chi connectivity index (χ1n) is 11.9. The van der Waals surface area contributed by atoms with Gasteiger partial charge in [0.1, 0.15) is 11.3 Å². The Bertz CT molecular complexity index is 1500. The molecule has 3 N–H and O–H groups in total. The van der Waals surface area contributed by atoms with E-state index in [1.54, 1.807) is 18.2 Å². The number of aromatic nitrogens is 1. The zero-order chi connectivity index (χ0) is 26.3. The van der Waals surface area contributed by atoms with E-state index in [2.05, 4.69) is 10.6 Å². The number of Topliss-reactive ketones (excluding diaryl/α,β-unsaturated/α-hetero) is 1. The summed E-state index contributed by atoms with van der Waals surface area (Å²) >= 11 is 12.7. The number of ketones is 1. The van der Waals surface area contributed by atoms with Crippen LogP contribution >= 0.6 is 23.2 Å². The second-order valence-corrected chi connectivity index (χ2v) is 10.4. The SMILES string of the molecule is CC(C)(O)C(=O)c1oc2nc(-c3ccccc3Cl)c(-c3ccc(Cl)cc3)cc2c1NC(=O)C1CCCN1. The molecular weight excluding hydrogens is 513 g/mol. The summed E-state index contributed by atoms with van der Waals surface area (Å²) in [4.78, 5) is 31.0. The van der Waals surface area contributed by atoms with Crippen LogP contribution < -0.4 is 10.6 Å². The molecule has 1 amide bonds. The highest BCUT2D eigenvalue weighted by atomic mass is 35.5. The number of nitrogens with one attached hydrogen (secondary N) is 2. The number of anilines is 1. The molecule has 0 saturated carbocycles. The topological polar surface area (TPSA) is 104 Å². The molecule has 1 fully saturated rings. The van der Waals surface area contributed by atoms with Gasteiger partial charge in [-0.3, -0.25) is 9.59 Å². The summed E-state index contributed by atoms with van der Waals surface area (Å²) in [6.45, 7) is 3.48. The van der Waals surface area contributed by atoms with Crippen LogP contribution in [0.25, 0.3) is 33.5 Å². The molecule has 37 heavy (non-hydrogen) atoms. The second kappa shape index (κ2) is 9.91. The Kier molecular flexibility index (Phi) is 6.81. The maximum absolute atomic E-state index is 13.2. The van der Waals surface area contributed by atoms with E-state index >= 15 is 0 Å². The van der Waals surface area contributed by atoms with Crippen LogP contribution in [0.15, 0.2) is 59.0 Å². The highest BCUT2D eigenvalue weighted by Crippen LogP contribution is 2.41. The van der Waals surface area contributed by atoms with E-state index in [0.717, 1.165) is 18.5 Å². The summed E-state index contributed by atoms with van der Waals surface area (Å²) in [5.41, 5.74) is 1.29. The maximum Gasteiger partial charge on any atom is 0.241 e. The number of benzene rings is 2. The van der Waals surface area contributed by atoms with Crippen molar-refractivity contribution >= 4 is 51.7 Å². The fourth-order valence-electron chi connectivity index (χ4n) is 4.41. The van der Waals surface area contributed by atoms with E-state index in [9.17, 15) is 14.7 Å². The minimum atomic E-state index is -1.73. The molecule has 0 radical (unpaired) electrons. The molecule has 5 rings (SSSR count). The van der Waals surface area contributed by atoms with E-state index in [4.69, 9.17) is 32.6 Å². The summed E-state index contributed by atoms with van der Waals surface area (Å²) in [7, 11) is 0. The van der Waals surface area contributed by atoms with Crippen molar-refractivity contribution in [1.29, 1.82) is 0 Å². The minimum absolute atomic E-state index is 0.134. The minimum Gasteiger partial charge on any atom is -0.432 e. The molecule has 1 aliphatic heterocycles. The first kappa shape index (κ1) is 25.4. The first-order valence-corrected chi connectivity index (χ1v) is 12.7. The van der Waals surface area contributed by atoms with Crippen molar-refractivity contribution in [3.63, 3.8) is 0 Å². The summed E-state index contributed by atoms with van der Waals surface area (Å²) in [5.74, 6) is -1.12. The number of carbonyl (C=O) groups excluding carboxylic acids is 2. The number of amides is 1. The molecule has 1 saturated heterocycles. The van der Waals surface area contributed by atoms with Crippen molar-refractivity contribution in [3.05, 3.63) is 70.4 Å². The van der Waals surface area contributed by atoms with Crippen molar-refractivity contribution < 1.29 is 19.1 Å². The Hall–Kier alpha value is -3.23. The van der Waals surface area contributed by atoms with Gasteiger partial charge in [-0.1, -0.05) is 53.5 Å². The number of hydrogen-bond acceptors (Lipinski definition) is 6. The monoisotopic (exact) mass is 537 g/mol. The molecule has 0 aliphatic carbocycles. The van der Waals surface area contributed by atoms with Gasteiger partial charge in [0.2, 0.25) is 17.4 Å². The fraction of sp³-hybridized carbons (Fsp3) is 0.250. The van der Waals surface area contributed by atoms with Gasteiger partial charge in [0.05, 0.1) is 17.1 Å². The van der Waals surface area contributed by atoms with E-state index in [1.807, 2.05) is 36.4 Å². The summed E-state index contributed by atoms with van der Waals surface area (Å²) in [6.07, 6.45) is 1.56. The van der Waals surface area contributed by atoms with Crippen molar-refractivity contribution in [3.8, 4) is 22.4 Å². The lowest BCUT2D eigenvalue weighted by atomic mass is 9.97. The van der Waals surface area contributed by atoms with Gasteiger partial charge in [-0.05, 0) is 63.1 Å². The van der Waals surface area contributed by atoms with Crippen molar-refractivity contribution in [2.24, 2.45) is 0 Å². The second-order valence-electron chi connectivity index (χ2n) is 9.56. The molecule has 2 aromatic carbocycles. The zero-order valence-electron chi connectivity index (χ0n) is 20.3. The Balaban J connectivity index is 1.76. The van der Waals surface area contributed by atoms with Gasteiger partial charge < -0.3 is 20.2 Å². The Morgan fingerprint density at radius 1 is 1.11 bits per heavy atom. The van der Waals surface area contributed by atoms with Crippen LogP contribution in [0, 0.1) is 0 Å². The predicted molar refractivity (Wildman–Crippen MR) is 145 cm³/mol. The van der Waals surface area contributed by atoms with E-state index in [1.165, 1.54) is 13.8 Å². The van der Waals surface area contributed by atoms with E-state index in [-0.39, 0.29) is 29.1 Å². The van der Waals surface area contributed by atoms with Crippen LogP contribution in [0.3, 0.4) is 0 Å². The standard InChI is InChI=1S/C28H25Cl2N3O4/c1-28(2,36)25(34)24-23(32-26(35)21-8-5-13-31-21)19-14-18(15-9-11-16(29)12-10-15)22(33-27(19)37-24)17-6-3-4-7-20(17)30/h3-4,6-7,9-12,14,21,31,36H,5,8,13H2,1-2H3,(H,32,35). The third-order valence-corrected chi connectivity index (χ3v) is 6.94. The van der Waals surface area contributed by atoms with Crippen LogP contribution in [0.5, 0.6) is 0 Å². The molecule has 1 unspecified atom stereocenters. The number of nitrogens with zero attached hydrogens (tertiary/aromatic N) is 1. The molecule has 1 atom stereocenters. The van der Waals surface area contributed by atoms with Gasteiger partial charge in [0.15, 0.2) is 5.76 Å². The molecule has 2 aromatic heterocycles. The largest absolute Gasteiger partial charge is 0.432 e. The van der Waals surface area contributed by atoms with Gasteiger partial charge in [-0.15, -0.1) is 0 Å². The van der Waals surface area contributed by atoms with E-state index < -0.39 is 11.4 Å². The third-order valence-electron chi connectivity index (χ3n) is 6.35. The molecule has 3 heterocycles. The third kappa shape index (κ3) is 5.00. The summed E-state index contributed by atoms with van der Waals surface area (Å²) in [6, 6.07) is 16.0. The van der Waals surface area contributed by atoms with Crippen LogP contribution in [0.4, 0.5) is 5.69 Å². The highest BCUT2D eigenvalue weighted by molar-refractivity contribution is 6.33.